The molecule has 0 aliphatic carbocycles. The molecule has 1 aliphatic heterocycles. The van der Waals surface area contributed by atoms with E-state index in [2.05, 4.69) is 12.2 Å². The summed E-state index contributed by atoms with van der Waals surface area (Å²) in [6.07, 6.45) is 4.61. The van der Waals surface area contributed by atoms with Crippen LogP contribution < -0.4 is 10.1 Å². The number of piperidine rings is 1. The molecule has 0 bridgehead atoms. The molecule has 1 heterocycles. The molecule has 1 amide bonds. The van der Waals surface area contributed by atoms with E-state index in [-0.39, 0.29) is 18.6 Å². The van der Waals surface area contributed by atoms with Gasteiger partial charge in [0.05, 0.1) is 6.26 Å². The van der Waals surface area contributed by atoms with Crippen LogP contribution in [0, 0.1) is 0 Å². The van der Waals surface area contributed by atoms with Crippen LogP contribution in [0.1, 0.15) is 31.7 Å². The predicted octanol–water partition coefficient (Wildman–Crippen LogP) is 1.56. The number of hydrogen-bond acceptors (Lipinski definition) is 4. The third-order valence-corrected chi connectivity index (χ3v) is 5.42. The number of hydrogen-bond donors (Lipinski definition) is 1. The fraction of sp³-hybridized carbons (Fsp3) is 0.588. The van der Waals surface area contributed by atoms with Crippen LogP contribution in [0.25, 0.3) is 0 Å². The predicted molar refractivity (Wildman–Crippen MR) is 93.5 cm³/mol. The minimum atomic E-state index is -3.14. The van der Waals surface area contributed by atoms with E-state index in [0.717, 1.165) is 12.8 Å². The number of aryl methyl sites for hydroxylation is 1. The van der Waals surface area contributed by atoms with Crippen molar-refractivity contribution in [3.8, 4) is 5.75 Å². The van der Waals surface area contributed by atoms with E-state index in [1.54, 1.807) is 0 Å². The first-order valence-corrected chi connectivity index (χ1v) is 10.2. The lowest BCUT2D eigenvalue weighted by molar-refractivity contribution is -0.124. The normalized spacial score (nSPS) is 16.8. The molecule has 7 heteroatoms. The number of benzene rings is 1. The minimum absolute atomic E-state index is 0.00558. The van der Waals surface area contributed by atoms with E-state index in [9.17, 15) is 13.2 Å². The van der Waals surface area contributed by atoms with Crippen LogP contribution in [0.5, 0.6) is 5.75 Å². The summed E-state index contributed by atoms with van der Waals surface area (Å²) >= 11 is 0. The lowest BCUT2D eigenvalue weighted by Gasteiger charge is -2.30. The first-order valence-electron chi connectivity index (χ1n) is 8.34. The Morgan fingerprint density at radius 2 is 1.88 bits per heavy atom. The van der Waals surface area contributed by atoms with E-state index in [1.807, 2.05) is 24.3 Å². The smallest absolute Gasteiger partial charge is 0.258 e. The second-order valence-corrected chi connectivity index (χ2v) is 8.17. The highest BCUT2D eigenvalue weighted by atomic mass is 32.2. The van der Waals surface area contributed by atoms with E-state index >= 15 is 0 Å². The average Bonchev–Trinajstić information content (AvgIpc) is 2.54. The Morgan fingerprint density at radius 3 is 2.42 bits per heavy atom. The van der Waals surface area contributed by atoms with Gasteiger partial charge in [0, 0.05) is 19.1 Å². The molecular formula is C17H26N2O4S. The standard InChI is InChI=1S/C17H26N2O4S/c1-3-4-14-5-7-16(8-6-14)23-13-17(20)18-15-9-11-19(12-10-15)24(2,21)22/h5-8,15H,3-4,9-13H2,1-2H3,(H,18,20). The number of rotatable bonds is 7. The molecule has 134 valence electrons. The van der Waals surface area contributed by atoms with Gasteiger partial charge >= 0.3 is 0 Å². The summed E-state index contributed by atoms with van der Waals surface area (Å²) in [4.78, 5) is 12.0. The highest BCUT2D eigenvalue weighted by Crippen LogP contribution is 2.14. The summed E-state index contributed by atoms with van der Waals surface area (Å²) in [5.41, 5.74) is 1.26. The van der Waals surface area contributed by atoms with Gasteiger partial charge in [-0.25, -0.2) is 12.7 Å². The Kier molecular flexibility index (Phi) is 6.62. The van der Waals surface area contributed by atoms with Crippen molar-refractivity contribution in [2.24, 2.45) is 0 Å². The molecule has 1 aromatic carbocycles. The second-order valence-electron chi connectivity index (χ2n) is 6.19. The number of sulfonamides is 1. The number of amides is 1. The summed E-state index contributed by atoms with van der Waals surface area (Å²) in [6, 6.07) is 7.78. The van der Waals surface area contributed by atoms with Crippen molar-refractivity contribution < 1.29 is 17.9 Å². The molecule has 0 spiro atoms. The van der Waals surface area contributed by atoms with Crippen molar-refractivity contribution in [2.75, 3.05) is 26.0 Å². The van der Waals surface area contributed by atoms with Crippen LogP contribution in [0.15, 0.2) is 24.3 Å². The zero-order chi connectivity index (χ0) is 17.6. The van der Waals surface area contributed by atoms with Gasteiger partial charge in [-0.05, 0) is 37.0 Å². The quantitative estimate of drug-likeness (QED) is 0.806. The molecule has 1 aliphatic rings. The molecule has 1 aromatic rings. The maximum absolute atomic E-state index is 12.0. The maximum atomic E-state index is 12.0. The molecule has 1 saturated heterocycles. The van der Waals surface area contributed by atoms with Crippen LogP contribution in [0.4, 0.5) is 0 Å². The highest BCUT2D eigenvalue weighted by molar-refractivity contribution is 7.88. The van der Waals surface area contributed by atoms with Crippen LogP contribution in [0.2, 0.25) is 0 Å². The van der Waals surface area contributed by atoms with E-state index in [1.165, 1.54) is 16.1 Å². The van der Waals surface area contributed by atoms with Gasteiger partial charge in [-0.1, -0.05) is 25.5 Å². The van der Waals surface area contributed by atoms with Gasteiger partial charge in [-0.3, -0.25) is 4.79 Å². The molecule has 0 atom stereocenters. The minimum Gasteiger partial charge on any atom is -0.484 e. The van der Waals surface area contributed by atoms with Gasteiger partial charge in [-0.2, -0.15) is 0 Å². The van der Waals surface area contributed by atoms with Crippen LogP contribution >= 0.6 is 0 Å². The summed E-state index contributed by atoms with van der Waals surface area (Å²) in [7, 11) is -3.14. The largest absolute Gasteiger partial charge is 0.484 e. The van der Waals surface area contributed by atoms with Gasteiger partial charge in [-0.15, -0.1) is 0 Å². The van der Waals surface area contributed by atoms with Crippen LogP contribution in [-0.2, 0) is 21.2 Å². The average molecular weight is 354 g/mol. The first-order chi connectivity index (χ1) is 11.4. The molecule has 0 saturated carbocycles. The topological polar surface area (TPSA) is 75.7 Å². The van der Waals surface area contributed by atoms with Crippen LogP contribution in [0.3, 0.4) is 0 Å². The van der Waals surface area contributed by atoms with Gasteiger partial charge < -0.3 is 10.1 Å². The summed E-state index contributed by atoms with van der Waals surface area (Å²) in [5, 5.41) is 2.91. The monoisotopic (exact) mass is 354 g/mol. The third-order valence-electron chi connectivity index (χ3n) is 4.12. The van der Waals surface area contributed by atoms with Gasteiger partial charge in [0.2, 0.25) is 10.0 Å². The van der Waals surface area contributed by atoms with Crippen molar-refractivity contribution >= 4 is 15.9 Å². The maximum Gasteiger partial charge on any atom is 0.258 e. The molecule has 0 unspecified atom stereocenters. The van der Waals surface area contributed by atoms with Crippen molar-refractivity contribution in [3.05, 3.63) is 29.8 Å². The molecule has 24 heavy (non-hydrogen) atoms. The van der Waals surface area contributed by atoms with Crippen LogP contribution in [-0.4, -0.2) is 50.6 Å². The van der Waals surface area contributed by atoms with Gasteiger partial charge in [0.1, 0.15) is 5.75 Å². The SMILES string of the molecule is CCCc1ccc(OCC(=O)NC2CCN(S(C)(=O)=O)CC2)cc1. The Balaban J connectivity index is 1.72. The Labute approximate surface area is 144 Å². The Hall–Kier alpha value is -1.60. The molecule has 0 aromatic heterocycles. The first kappa shape index (κ1) is 18.7. The van der Waals surface area contributed by atoms with Crippen molar-refractivity contribution in [1.82, 2.24) is 9.62 Å². The van der Waals surface area contributed by atoms with Gasteiger partial charge in [0.15, 0.2) is 6.61 Å². The lowest BCUT2D eigenvalue weighted by atomic mass is 10.1. The van der Waals surface area contributed by atoms with E-state index in [4.69, 9.17) is 4.74 Å². The summed E-state index contributed by atoms with van der Waals surface area (Å²) < 4.78 is 29.9. The van der Waals surface area contributed by atoms with E-state index in [0.29, 0.717) is 31.7 Å². The number of nitrogens with zero attached hydrogens (tertiary/aromatic N) is 1. The van der Waals surface area contributed by atoms with Gasteiger partial charge in [0.25, 0.3) is 5.91 Å². The Bertz CT molecular complexity index is 635. The lowest BCUT2D eigenvalue weighted by Crippen LogP contribution is -2.47. The molecule has 2 rings (SSSR count). The molecular weight excluding hydrogens is 328 g/mol. The van der Waals surface area contributed by atoms with Crippen molar-refractivity contribution in [3.63, 3.8) is 0 Å². The van der Waals surface area contributed by atoms with Crippen molar-refractivity contribution in [2.45, 2.75) is 38.6 Å². The fourth-order valence-electron chi connectivity index (χ4n) is 2.79. The van der Waals surface area contributed by atoms with Crippen molar-refractivity contribution in [1.29, 1.82) is 0 Å². The fourth-order valence-corrected chi connectivity index (χ4v) is 3.67. The summed E-state index contributed by atoms with van der Waals surface area (Å²) in [6.45, 7) is 3.00. The molecule has 1 fully saturated rings. The zero-order valence-electron chi connectivity index (χ0n) is 14.3. The molecule has 1 N–H and O–H groups in total. The molecule has 0 radical (unpaired) electrons. The zero-order valence-corrected chi connectivity index (χ0v) is 15.1. The number of carbonyl (C=O) groups excluding carboxylic acids is 1. The summed E-state index contributed by atoms with van der Waals surface area (Å²) in [5.74, 6) is 0.502. The number of nitrogens with one attached hydrogen (secondary N) is 1. The highest BCUT2D eigenvalue weighted by Gasteiger charge is 2.25. The number of ether oxygens (including phenoxy) is 1. The molecule has 6 nitrogen and oxygen atoms in total. The Morgan fingerprint density at radius 1 is 1.25 bits per heavy atom. The second kappa shape index (κ2) is 8.48. The van der Waals surface area contributed by atoms with E-state index < -0.39 is 10.0 Å². The number of carbonyl (C=O) groups is 1. The third kappa shape index (κ3) is 5.79.